The van der Waals surface area contributed by atoms with Crippen LogP contribution in [0.15, 0.2) is 42.5 Å². The highest BCUT2D eigenvalue weighted by Gasteiger charge is 2.12. The first-order chi connectivity index (χ1) is 13.5. The second-order valence-corrected chi connectivity index (χ2v) is 6.89. The Morgan fingerprint density at radius 2 is 1.57 bits per heavy atom. The second kappa shape index (κ2) is 11.3. The zero-order valence-electron chi connectivity index (χ0n) is 15.9. The fraction of sp³-hybridized carbons (Fsp3) is 0.364. The van der Waals surface area contributed by atoms with E-state index in [9.17, 15) is 9.59 Å². The van der Waals surface area contributed by atoms with E-state index in [4.69, 9.17) is 26.2 Å². The molecule has 0 atom stereocenters. The fourth-order valence-corrected chi connectivity index (χ4v) is 2.88. The van der Waals surface area contributed by atoms with Gasteiger partial charge in [0.05, 0.1) is 22.8 Å². The first-order valence-electron chi connectivity index (χ1n) is 9.49. The van der Waals surface area contributed by atoms with E-state index in [-0.39, 0.29) is 11.3 Å². The molecule has 0 aliphatic rings. The highest BCUT2D eigenvalue weighted by Crippen LogP contribution is 2.26. The summed E-state index contributed by atoms with van der Waals surface area (Å²) in [5, 5.41) is 9.23. The molecule has 0 unspecified atom stereocenters. The number of benzene rings is 2. The second-order valence-electron chi connectivity index (χ2n) is 6.48. The lowest BCUT2D eigenvalue weighted by molar-refractivity contribution is 0.0696. The average molecular weight is 405 g/mol. The summed E-state index contributed by atoms with van der Waals surface area (Å²) in [6.07, 6.45) is 7.07. The van der Waals surface area contributed by atoms with Gasteiger partial charge in [-0.2, -0.15) is 0 Å². The molecule has 6 heteroatoms. The molecule has 0 amide bonds. The van der Waals surface area contributed by atoms with Gasteiger partial charge in [0.15, 0.2) is 0 Å². The number of halogens is 1. The summed E-state index contributed by atoms with van der Waals surface area (Å²) >= 11 is 6.22. The van der Waals surface area contributed by atoms with E-state index in [0.29, 0.717) is 22.9 Å². The summed E-state index contributed by atoms with van der Waals surface area (Å²) in [5.74, 6) is -0.819. The Morgan fingerprint density at radius 1 is 0.929 bits per heavy atom. The van der Waals surface area contributed by atoms with Crippen LogP contribution in [0.4, 0.5) is 0 Å². The molecule has 0 aliphatic heterocycles. The molecular formula is C22H25ClO5. The number of carboxylic acids is 1. The monoisotopic (exact) mass is 404 g/mol. The van der Waals surface area contributed by atoms with Crippen LogP contribution in [0.25, 0.3) is 0 Å². The number of esters is 1. The first-order valence-corrected chi connectivity index (χ1v) is 9.87. The molecule has 2 aromatic rings. The van der Waals surface area contributed by atoms with Crippen molar-refractivity contribution in [1.29, 1.82) is 0 Å². The lowest BCUT2D eigenvalue weighted by Gasteiger charge is -2.10. The van der Waals surface area contributed by atoms with Gasteiger partial charge in [-0.15, -0.1) is 0 Å². The van der Waals surface area contributed by atoms with E-state index in [1.165, 1.54) is 56.0 Å². The molecule has 0 spiro atoms. The van der Waals surface area contributed by atoms with Gasteiger partial charge in [-0.25, -0.2) is 9.59 Å². The summed E-state index contributed by atoms with van der Waals surface area (Å²) in [5.41, 5.74) is 0.411. The SMILES string of the molecule is CCCCCCCCOc1ccc(C(=O)Oc2ccc(C(=O)O)cc2)cc1Cl. The van der Waals surface area contributed by atoms with Crippen molar-refractivity contribution in [3.8, 4) is 11.5 Å². The minimum atomic E-state index is -1.04. The molecule has 0 fully saturated rings. The Balaban J connectivity index is 1.85. The zero-order chi connectivity index (χ0) is 20.4. The highest BCUT2D eigenvalue weighted by molar-refractivity contribution is 6.32. The summed E-state index contributed by atoms with van der Waals surface area (Å²) in [4.78, 5) is 23.1. The molecule has 0 saturated carbocycles. The zero-order valence-corrected chi connectivity index (χ0v) is 16.7. The number of rotatable bonds is 11. The van der Waals surface area contributed by atoms with Crippen molar-refractivity contribution in [2.45, 2.75) is 45.4 Å². The van der Waals surface area contributed by atoms with Gasteiger partial charge in [-0.1, -0.05) is 50.6 Å². The molecule has 150 valence electrons. The maximum absolute atomic E-state index is 12.2. The van der Waals surface area contributed by atoms with Gasteiger partial charge in [-0.3, -0.25) is 0 Å². The summed E-state index contributed by atoms with van der Waals surface area (Å²) in [7, 11) is 0. The van der Waals surface area contributed by atoms with E-state index >= 15 is 0 Å². The van der Waals surface area contributed by atoms with Crippen molar-refractivity contribution < 1.29 is 24.2 Å². The number of hydrogen-bond acceptors (Lipinski definition) is 4. The van der Waals surface area contributed by atoms with Crippen LogP contribution in [0.3, 0.4) is 0 Å². The number of carboxylic acid groups (broad SMARTS) is 1. The molecule has 5 nitrogen and oxygen atoms in total. The highest BCUT2D eigenvalue weighted by atomic mass is 35.5. The van der Waals surface area contributed by atoms with Crippen molar-refractivity contribution in [1.82, 2.24) is 0 Å². The molecular weight excluding hydrogens is 380 g/mol. The van der Waals surface area contributed by atoms with Crippen molar-refractivity contribution in [2.75, 3.05) is 6.61 Å². The number of aromatic carboxylic acids is 1. The lowest BCUT2D eigenvalue weighted by Crippen LogP contribution is -2.09. The van der Waals surface area contributed by atoms with Crippen molar-refractivity contribution in [2.24, 2.45) is 0 Å². The van der Waals surface area contributed by atoms with Gasteiger partial charge in [0.2, 0.25) is 0 Å². The van der Waals surface area contributed by atoms with E-state index < -0.39 is 11.9 Å². The van der Waals surface area contributed by atoms with Crippen LogP contribution in [0.5, 0.6) is 11.5 Å². The molecule has 0 aliphatic carbocycles. The normalized spacial score (nSPS) is 10.5. The fourth-order valence-electron chi connectivity index (χ4n) is 2.64. The lowest BCUT2D eigenvalue weighted by atomic mass is 10.1. The van der Waals surface area contributed by atoms with E-state index in [0.717, 1.165) is 12.8 Å². The van der Waals surface area contributed by atoms with Gasteiger partial charge < -0.3 is 14.6 Å². The van der Waals surface area contributed by atoms with Gasteiger partial charge in [0.1, 0.15) is 11.5 Å². The number of hydrogen-bond donors (Lipinski definition) is 1. The summed E-state index contributed by atoms with van der Waals surface area (Å²) in [6.45, 7) is 2.78. The third kappa shape index (κ3) is 6.89. The topological polar surface area (TPSA) is 72.8 Å². The van der Waals surface area contributed by atoms with Crippen molar-refractivity contribution in [3.05, 3.63) is 58.6 Å². The smallest absolute Gasteiger partial charge is 0.343 e. The Labute approximate surface area is 170 Å². The predicted molar refractivity (Wildman–Crippen MR) is 109 cm³/mol. The quantitative estimate of drug-likeness (QED) is 0.282. The summed E-state index contributed by atoms with van der Waals surface area (Å²) < 4.78 is 10.9. The maximum atomic E-state index is 12.2. The van der Waals surface area contributed by atoms with Crippen LogP contribution < -0.4 is 9.47 Å². The Kier molecular flexibility index (Phi) is 8.82. The number of carbonyl (C=O) groups excluding carboxylic acids is 1. The molecule has 0 saturated heterocycles. The van der Waals surface area contributed by atoms with Crippen LogP contribution in [0.1, 0.15) is 66.2 Å². The number of ether oxygens (including phenoxy) is 2. The molecule has 2 aromatic carbocycles. The Morgan fingerprint density at radius 3 is 2.21 bits per heavy atom. The van der Waals surface area contributed by atoms with Crippen LogP contribution in [-0.2, 0) is 0 Å². The Hall–Kier alpha value is -2.53. The van der Waals surface area contributed by atoms with E-state index in [2.05, 4.69) is 6.92 Å². The third-order valence-corrected chi connectivity index (χ3v) is 4.53. The molecule has 0 heterocycles. The van der Waals surface area contributed by atoms with Crippen LogP contribution in [-0.4, -0.2) is 23.7 Å². The molecule has 2 rings (SSSR count). The summed E-state index contributed by atoms with van der Waals surface area (Å²) in [6, 6.07) is 10.4. The van der Waals surface area contributed by atoms with Crippen LogP contribution >= 0.6 is 11.6 Å². The molecule has 0 bridgehead atoms. The Bertz CT molecular complexity index is 786. The largest absolute Gasteiger partial charge is 0.492 e. The number of unbranched alkanes of at least 4 members (excludes halogenated alkanes) is 5. The minimum Gasteiger partial charge on any atom is -0.492 e. The van der Waals surface area contributed by atoms with Gasteiger partial charge in [0, 0.05) is 0 Å². The van der Waals surface area contributed by atoms with Gasteiger partial charge in [-0.05, 0) is 48.9 Å². The average Bonchev–Trinajstić information content (AvgIpc) is 2.68. The third-order valence-electron chi connectivity index (χ3n) is 4.23. The predicted octanol–water partition coefficient (Wildman–Crippen LogP) is 6.00. The number of carbonyl (C=O) groups is 2. The maximum Gasteiger partial charge on any atom is 0.343 e. The minimum absolute atomic E-state index is 0.120. The van der Waals surface area contributed by atoms with Crippen molar-refractivity contribution >= 4 is 23.5 Å². The van der Waals surface area contributed by atoms with E-state index in [1.807, 2.05) is 0 Å². The molecule has 28 heavy (non-hydrogen) atoms. The molecule has 1 N–H and O–H groups in total. The molecule has 0 radical (unpaired) electrons. The van der Waals surface area contributed by atoms with Crippen LogP contribution in [0, 0.1) is 0 Å². The first kappa shape index (κ1) is 21.8. The van der Waals surface area contributed by atoms with E-state index in [1.54, 1.807) is 12.1 Å². The molecule has 0 aromatic heterocycles. The van der Waals surface area contributed by atoms with Gasteiger partial charge in [0.25, 0.3) is 0 Å². The van der Waals surface area contributed by atoms with Gasteiger partial charge >= 0.3 is 11.9 Å². The van der Waals surface area contributed by atoms with Crippen LogP contribution in [0.2, 0.25) is 5.02 Å². The van der Waals surface area contributed by atoms with Crippen molar-refractivity contribution in [3.63, 3.8) is 0 Å². The standard InChI is InChI=1S/C22H25ClO5/c1-2-3-4-5-6-7-14-27-20-13-10-17(15-19(20)23)22(26)28-18-11-8-16(9-12-18)21(24)25/h8-13,15H,2-7,14H2,1H3,(H,24,25).